The van der Waals surface area contributed by atoms with Gasteiger partial charge in [-0.3, -0.25) is 0 Å². The Bertz CT molecular complexity index is 216. The Labute approximate surface area is 60.5 Å². The van der Waals surface area contributed by atoms with Crippen molar-refractivity contribution in [1.29, 1.82) is 5.39 Å². The quantitative estimate of drug-likeness (QED) is 0.429. The van der Waals surface area contributed by atoms with Crippen LogP contribution in [-0.4, -0.2) is 0 Å². The lowest BCUT2D eigenvalue weighted by molar-refractivity contribution is 1.42. The number of hydrogen-bond acceptors (Lipinski definition) is 1. The van der Waals surface area contributed by atoms with Crippen molar-refractivity contribution in [2.45, 2.75) is 0 Å². The van der Waals surface area contributed by atoms with Crippen molar-refractivity contribution in [2.75, 3.05) is 0 Å². The molecule has 2 nitrogen and oxygen atoms in total. The van der Waals surface area contributed by atoms with Gasteiger partial charge in [-0.2, -0.15) is 0 Å². The third-order valence-electron chi connectivity index (χ3n) is 0.807. The van der Waals surface area contributed by atoms with Crippen molar-refractivity contribution in [2.24, 2.45) is 0 Å². The van der Waals surface area contributed by atoms with Gasteiger partial charge in [-0.15, -0.1) is 0 Å². The summed E-state index contributed by atoms with van der Waals surface area (Å²) in [5.41, 5.74) is 0.454. The number of hydrogen-bond donors (Lipinski definition) is 0. The van der Waals surface area contributed by atoms with E-state index in [1.807, 2.05) is 0 Å². The molecule has 50 valence electrons. The highest BCUT2D eigenvalue weighted by atomic mass is 14.8. The zero-order valence-corrected chi connectivity index (χ0v) is 5.70. The van der Waals surface area contributed by atoms with Crippen molar-refractivity contribution >= 4 is 0 Å². The summed E-state index contributed by atoms with van der Waals surface area (Å²) >= 11 is 0. The van der Waals surface area contributed by atoms with Crippen LogP contribution in [0.2, 0.25) is 0 Å². The molecule has 0 radical (unpaired) electrons. The molecule has 0 spiro atoms. The Hall–Kier alpha value is -1.62. The molecule has 0 fully saturated rings. The summed E-state index contributed by atoms with van der Waals surface area (Å²) in [6.07, 6.45) is 8.02. The van der Waals surface area contributed by atoms with Gasteiger partial charge in [0.15, 0.2) is 4.98 Å². The average molecular weight is 133 g/mol. The van der Waals surface area contributed by atoms with E-state index in [4.69, 9.17) is 5.39 Å². The molecule has 0 unspecified atom stereocenters. The Balaban J connectivity index is 4.25. The first kappa shape index (κ1) is 8.38. The van der Waals surface area contributed by atoms with Gasteiger partial charge in [0, 0.05) is 12.2 Å². The topological polar surface area (TPSA) is 28.1 Å². The first-order chi connectivity index (χ1) is 4.85. The molecule has 0 aromatic carbocycles. The molecule has 0 bridgehead atoms. The molecule has 0 aliphatic carbocycles. The molecule has 0 saturated carbocycles. The van der Waals surface area contributed by atoms with Crippen molar-refractivity contribution in [1.82, 2.24) is 0 Å². The minimum Gasteiger partial charge on any atom is -0.0991 e. The van der Waals surface area contributed by atoms with Crippen molar-refractivity contribution in [3.05, 3.63) is 54.2 Å². The van der Waals surface area contributed by atoms with Gasteiger partial charge in [0.25, 0.3) is 0 Å². The second-order valence-electron chi connectivity index (χ2n) is 1.52. The Morgan fingerprint density at radius 3 is 2.40 bits per heavy atom. The van der Waals surface area contributed by atoms with Crippen LogP contribution in [0.5, 0.6) is 0 Å². The highest BCUT2D eigenvalue weighted by molar-refractivity contribution is 5.28. The maximum absolute atomic E-state index is 8.31. The predicted octanol–water partition coefficient (Wildman–Crippen LogP) is 2.65. The summed E-state index contributed by atoms with van der Waals surface area (Å²) in [7, 11) is 0. The fourth-order valence-electron chi connectivity index (χ4n) is 0.410. The lowest BCUT2D eigenvalue weighted by Crippen LogP contribution is -1.63. The van der Waals surface area contributed by atoms with Gasteiger partial charge in [0.1, 0.15) is 0 Å². The van der Waals surface area contributed by atoms with Crippen LogP contribution < -0.4 is 0 Å². The lowest BCUT2D eigenvalue weighted by Gasteiger charge is -1.67. The number of rotatable bonds is 3. The fourth-order valence-corrected chi connectivity index (χ4v) is 0.410. The SMILES string of the molecule is C=C/C=C\C(=C/C=C)[N+]#N. The van der Waals surface area contributed by atoms with Crippen LogP contribution in [0.3, 0.4) is 0 Å². The van der Waals surface area contributed by atoms with Crippen molar-refractivity contribution in [3.8, 4) is 0 Å². The molecule has 10 heavy (non-hydrogen) atoms. The molecule has 0 aliphatic heterocycles. The molecular weight excluding hydrogens is 124 g/mol. The van der Waals surface area contributed by atoms with Gasteiger partial charge in [-0.25, -0.2) is 0 Å². The van der Waals surface area contributed by atoms with Gasteiger partial charge in [0.05, 0.1) is 0 Å². The summed E-state index contributed by atoms with van der Waals surface area (Å²) in [4.78, 5) is 2.97. The minimum atomic E-state index is 0.454. The van der Waals surface area contributed by atoms with Crippen LogP contribution in [0.15, 0.2) is 49.2 Å². The third-order valence-corrected chi connectivity index (χ3v) is 0.807. The van der Waals surface area contributed by atoms with E-state index >= 15 is 0 Å². The minimum absolute atomic E-state index is 0.454. The van der Waals surface area contributed by atoms with Gasteiger partial charge in [-0.1, -0.05) is 31.4 Å². The van der Waals surface area contributed by atoms with E-state index in [1.165, 1.54) is 0 Å². The third kappa shape index (κ3) is 3.39. The first-order valence-corrected chi connectivity index (χ1v) is 2.82. The Morgan fingerprint density at radius 2 is 2.00 bits per heavy atom. The Morgan fingerprint density at radius 1 is 1.30 bits per heavy atom. The maximum atomic E-state index is 8.31. The molecule has 0 heterocycles. The zero-order valence-electron chi connectivity index (χ0n) is 5.70. The largest absolute Gasteiger partial charge is 0.385 e. The smallest absolute Gasteiger partial charge is 0.0991 e. The monoisotopic (exact) mass is 133 g/mol. The molecule has 2 heteroatoms. The highest BCUT2D eigenvalue weighted by Gasteiger charge is 1.98. The zero-order chi connectivity index (χ0) is 7.82. The summed E-state index contributed by atoms with van der Waals surface area (Å²) < 4.78 is 0. The fraction of sp³-hybridized carbons (Fsp3) is 0. The standard InChI is InChI=1S/C8H9N2/c1-3-5-7-8(10-9)6-4-2/h3-7H,1-2H2/q+1/b7-5-,8-6+. The van der Waals surface area contributed by atoms with Crippen LogP contribution in [0.4, 0.5) is 0 Å². The number of nitrogens with zero attached hydrogens (tertiary/aromatic N) is 2. The summed E-state index contributed by atoms with van der Waals surface area (Å²) in [6.45, 7) is 6.91. The number of diazo groups is 1. The molecule has 0 atom stereocenters. The predicted molar refractivity (Wildman–Crippen MR) is 42.7 cm³/mol. The first-order valence-electron chi connectivity index (χ1n) is 2.82. The van der Waals surface area contributed by atoms with Crippen LogP contribution >= 0.6 is 0 Å². The van der Waals surface area contributed by atoms with Crippen LogP contribution in [0.25, 0.3) is 4.98 Å². The lowest BCUT2D eigenvalue weighted by atomic mass is 10.3. The van der Waals surface area contributed by atoms with Crippen LogP contribution in [0.1, 0.15) is 0 Å². The van der Waals surface area contributed by atoms with Crippen LogP contribution in [0, 0.1) is 5.39 Å². The second kappa shape index (κ2) is 5.52. The average Bonchev–Trinajstić information content (AvgIpc) is 1.98. The molecule has 0 amide bonds. The normalized spacial score (nSPS) is 10.9. The molecule has 0 aromatic heterocycles. The summed E-state index contributed by atoms with van der Waals surface area (Å²) in [5, 5.41) is 8.31. The maximum Gasteiger partial charge on any atom is 0.385 e. The van der Waals surface area contributed by atoms with E-state index in [-0.39, 0.29) is 0 Å². The summed E-state index contributed by atoms with van der Waals surface area (Å²) in [5.74, 6) is 0. The Kier molecular flexibility index (Phi) is 4.62. The van der Waals surface area contributed by atoms with Gasteiger partial charge in [0.2, 0.25) is 5.39 Å². The molecule has 0 rings (SSSR count). The summed E-state index contributed by atoms with van der Waals surface area (Å²) in [6, 6.07) is 0. The van der Waals surface area contributed by atoms with E-state index < -0.39 is 0 Å². The molecule has 0 N–H and O–H groups in total. The van der Waals surface area contributed by atoms with Gasteiger partial charge in [-0.05, 0) is 0 Å². The van der Waals surface area contributed by atoms with Gasteiger partial charge >= 0.3 is 5.70 Å². The van der Waals surface area contributed by atoms with Crippen molar-refractivity contribution in [3.63, 3.8) is 0 Å². The van der Waals surface area contributed by atoms with Crippen LogP contribution in [-0.2, 0) is 0 Å². The molecule has 0 aliphatic rings. The highest BCUT2D eigenvalue weighted by Crippen LogP contribution is 1.97. The van der Waals surface area contributed by atoms with E-state index in [1.54, 1.807) is 30.4 Å². The number of allylic oxidation sites excluding steroid dienone is 5. The van der Waals surface area contributed by atoms with Crippen molar-refractivity contribution < 1.29 is 0 Å². The van der Waals surface area contributed by atoms with E-state index in [0.717, 1.165) is 0 Å². The molecule has 0 saturated heterocycles. The molecular formula is C8H9N2+. The van der Waals surface area contributed by atoms with Gasteiger partial charge < -0.3 is 0 Å². The molecule has 0 aromatic rings. The van der Waals surface area contributed by atoms with E-state index in [2.05, 4.69) is 18.1 Å². The van der Waals surface area contributed by atoms with E-state index in [9.17, 15) is 0 Å². The van der Waals surface area contributed by atoms with E-state index in [0.29, 0.717) is 5.70 Å². The second-order valence-corrected chi connectivity index (χ2v) is 1.52.